The van der Waals surface area contributed by atoms with Gasteiger partial charge in [-0.15, -0.1) is 11.3 Å². The third-order valence-corrected chi connectivity index (χ3v) is 6.79. The van der Waals surface area contributed by atoms with Crippen LogP contribution in [0.25, 0.3) is 10.2 Å². The highest BCUT2D eigenvalue weighted by Gasteiger charge is 2.22. The van der Waals surface area contributed by atoms with E-state index in [-0.39, 0.29) is 16.9 Å². The Balaban J connectivity index is 1.72. The van der Waals surface area contributed by atoms with Crippen molar-refractivity contribution in [2.75, 3.05) is 5.43 Å². The zero-order valence-electron chi connectivity index (χ0n) is 17.5. The number of fused-ring (bicyclic) bond motifs is 3. The molecule has 1 amide bonds. The van der Waals surface area contributed by atoms with Crippen LogP contribution in [0.4, 0.5) is 0 Å². The molecule has 0 atom stereocenters. The number of nitrogens with zero attached hydrogens (tertiary/aromatic N) is 2. The lowest BCUT2D eigenvalue weighted by atomic mass is 9.87. The van der Waals surface area contributed by atoms with E-state index in [2.05, 4.69) is 26.2 Å². The maximum absolute atomic E-state index is 13.3. The second kappa shape index (κ2) is 7.41. The molecule has 1 aliphatic rings. The third-order valence-electron chi connectivity index (χ3n) is 5.60. The van der Waals surface area contributed by atoms with Gasteiger partial charge in [-0.05, 0) is 54.4 Å². The predicted octanol–water partition coefficient (Wildman–Crippen LogP) is 4.58. The van der Waals surface area contributed by atoms with Crippen LogP contribution in [0.15, 0.2) is 29.1 Å². The largest absolute Gasteiger partial charge is 0.281 e. The molecule has 29 heavy (non-hydrogen) atoms. The Kier molecular flexibility index (Phi) is 5.07. The summed E-state index contributed by atoms with van der Waals surface area (Å²) in [6.07, 6.45) is 4.76. The summed E-state index contributed by atoms with van der Waals surface area (Å²) in [5, 5.41) is 0.685. The summed E-state index contributed by atoms with van der Waals surface area (Å²) >= 11 is 1.63. The second-order valence-corrected chi connectivity index (χ2v) is 9.77. The number of aryl methyl sites for hydroxylation is 3. The normalized spacial score (nSPS) is 14.1. The van der Waals surface area contributed by atoms with Crippen LogP contribution in [-0.4, -0.2) is 15.6 Å². The number of carbonyl (C=O) groups excluding carboxylic acids is 1. The van der Waals surface area contributed by atoms with E-state index in [0.29, 0.717) is 23.2 Å². The topological polar surface area (TPSA) is 64.0 Å². The minimum atomic E-state index is -0.299. The van der Waals surface area contributed by atoms with Crippen LogP contribution in [0, 0.1) is 0 Å². The molecule has 0 saturated heterocycles. The van der Waals surface area contributed by atoms with Crippen molar-refractivity contribution in [1.29, 1.82) is 0 Å². The fourth-order valence-electron chi connectivity index (χ4n) is 3.89. The molecule has 0 unspecified atom stereocenters. The van der Waals surface area contributed by atoms with E-state index >= 15 is 0 Å². The van der Waals surface area contributed by atoms with Crippen LogP contribution in [0.2, 0.25) is 0 Å². The zero-order valence-corrected chi connectivity index (χ0v) is 18.3. The Morgan fingerprint density at radius 2 is 1.86 bits per heavy atom. The lowest BCUT2D eigenvalue weighted by Gasteiger charge is -2.19. The summed E-state index contributed by atoms with van der Waals surface area (Å²) in [5.41, 5.74) is 5.48. The van der Waals surface area contributed by atoms with Gasteiger partial charge in [0.25, 0.3) is 11.5 Å². The Morgan fingerprint density at radius 3 is 2.52 bits per heavy atom. The van der Waals surface area contributed by atoms with Gasteiger partial charge in [-0.1, -0.05) is 39.8 Å². The van der Waals surface area contributed by atoms with Gasteiger partial charge >= 0.3 is 0 Å². The van der Waals surface area contributed by atoms with Gasteiger partial charge in [0.15, 0.2) is 0 Å². The molecular formula is C23H27N3O2S. The van der Waals surface area contributed by atoms with Crippen molar-refractivity contribution in [3.05, 3.63) is 62.0 Å². The first-order valence-electron chi connectivity index (χ1n) is 10.3. The molecule has 0 radical (unpaired) electrons. The molecule has 3 aromatic rings. The minimum Gasteiger partial charge on any atom is -0.267 e. The Bertz CT molecular complexity index is 1130. The minimum absolute atomic E-state index is 0.0221. The molecule has 0 spiro atoms. The molecule has 0 saturated carbocycles. The van der Waals surface area contributed by atoms with Crippen LogP contribution in [0.3, 0.4) is 0 Å². The quantitative estimate of drug-likeness (QED) is 0.689. The van der Waals surface area contributed by atoms with Gasteiger partial charge in [0, 0.05) is 16.9 Å². The molecule has 0 bridgehead atoms. The van der Waals surface area contributed by atoms with Gasteiger partial charge in [0.2, 0.25) is 0 Å². The lowest BCUT2D eigenvalue weighted by Crippen LogP contribution is -2.36. The number of nitrogens with one attached hydrogen (secondary N) is 1. The Labute approximate surface area is 174 Å². The summed E-state index contributed by atoms with van der Waals surface area (Å²) in [6, 6.07) is 7.56. The summed E-state index contributed by atoms with van der Waals surface area (Å²) < 4.78 is 1.35. The van der Waals surface area contributed by atoms with E-state index < -0.39 is 0 Å². The van der Waals surface area contributed by atoms with Gasteiger partial charge in [-0.25, -0.2) is 9.66 Å². The first kappa shape index (κ1) is 19.8. The summed E-state index contributed by atoms with van der Waals surface area (Å²) in [4.78, 5) is 33.0. The summed E-state index contributed by atoms with van der Waals surface area (Å²) in [5.74, 6) is 0.285. The molecule has 2 heterocycles. The predicted molar refractivity (Wildman–Crippen MR) is 119 cm³/mol. The Hall–Kier alpha value is -2.47. The van der Waals surface area contributed by atoms with Crippen molar-refractivity contribution >= 4 is 27.5 Å². The van der Waals surface area contributed by atoms with Gasteiger partial charge in [0.1, 0.15) is 10.7 Å². The van der Waals surface area contributed by atoms with E-state index in [4.69, 9.17) is 4.98 Å². The number of thiophene rings is 1. The number of benzene rings is 1. The molecule has 1 N–H and O–H groups in total. The van der Waals surface area contributed by atoms with Crippen molar-refractivity contribution in [1.82, 2.24) is 9.66 Å². The van der Waals surface area contributed by atoms with Crippen molar-refractivity contribution in [2.24, 2.45) is 0 Å². The standard InChI is InChI=1S/C23H27N3O2S/c1-5-18-24-21-19(16-8-6-7-9-17(16)29-21)22(28)26(18)25-20(27)14-10-12-15(13-11-14)23(2,3)4/h10-13H,5-9H2,1-4H3,(H,25,27). The van der Waals surface area contributed by atoms with Crippen molar-refractivity contribution in [3.8, 4) is 0 Å². The molecule has 6 heteroatoms. The smallest absolute Gasteiger partial charge is 0.267 e. The van der Waals surface area contributed by atoms with Gasteiger partial charge < -0.3 is 0 Å². The average molecular weight is 410 g/mol. The first-order chi connectivity index (χ1) is 13.8. The maximum atomic E-state index is 13.3. The fraction of sp³-hybridized carbons (Fsp3) is 0.435. The van der Waals surface area contributed by atoms with Gasteiger partial charge in [-0.3, -0.25) is 15.0 Å². The van der Waals surface area contributed by atoms with Crippen LogP contribution < -0.4 is 11.0 Å². The van der Waals surface area contributed by atoms with E-state index in [1.807, 2.05) is 31.2 Å². The number of amides is 1. The molecule has 0 fully saturated rings. The highest BCUT2D eigenvalue weighted by atomic mass is 32.1. The zero-order chi connectivity index (χ0) is 20.8. The third kappa shape index (κ3) is 3.62. The van der Waals surface area contributed by atoms with E-state index in [1.54, 1.807) is 11.3 Å². The van der Waals surface area contributed by atoms with Crippen LogP contribution in [-0.2, 0) is 24.7 Å². The van der Waals surface area contributed by atoms with Gasteiger partial charge in [-0.2, -0.15) is 0 Å². The van der Waals surface area contributed by atoms with Crippen LogP contribution in [0.5, 0.6) is 0 Å². The highest BCUT2D eigenvalue weighted by molar-refractivity contribution is 7.18. The summed E-state index contributed by atoms with van der Waals surface area (Å²) in [6.45, 7) is 8.36. The number of rotatable bonds is 3. The molecule has 0 aliphatic heterocycles. The van der Waals surface area contributed by atoms with Crippen LogP contribution in [0.1, 0.15) is 72.7 Å². The number of hydrogen-bond donors (Lipinski definition) is 1. The number of hydrogen-bond acceptors (Lipinski definition) is 4. The van der Waals surface area contributed by atoms with E-state index in [1.165, 1.54) is 9.55 Å². The van der Waals surface area contributed by atoms with E-state index in [9.17, 15) is 9.59 Å². The maximum Gasteiger partial charge on any atom is 0.281 e. The SMILES string of the molecule is CCc1nc2sc3c(c2c(=O)n1NC(=O)c1ccc(C(C)(C)C)cc1)CCCC3. The second-order valence-electron chi connectivity index (χ2n) is 8.68. The fourth-order valence-corrected chi connectivity index (χ4v) is 5.16. The molecule has 152 valence electrons. The average Bonchev–Trinajstić information content (AvgIpc) is 3.07. The summed E-state index contributed by atoms with van der Waals surface area (Å²) in [7, 11) is 0. The number of aromatic nitrogens is 2. The molecular weight excluding hydrogens is 382 g/mol. The highest BCUT2D eigenvalue weighted by Crippen LogP contribution is 2.33. The number of carbonyl (C=O) groups is 1. The monoisotopic (exact) mass is 409 g/mol. The molecule has 4 rings (SSSR count). The van der Waals surface area contributed by atoms with Crippen molar-refractivity contribution in [2.45, 2.75) is 65.2 Å². The Morgan fingerprint density at radius 1 is 1.17 bits per heavy atom. The van der Waals surface area contributed by atoms with Crippen LogP contribution >= 0.6 is 11.3 Å². The van der Waals surface area contributed by atoms with Crippen molar-refractivity contribution in [3.63, 3.8) is 0 Å². The van der Waals surface area contributed by atoms with Gasteiger partial charge in [0.05, 0.1) is 5.39 Å². The molecule has 5 nitrogen and oxygen atoms in total. The lowest BCUT2D eigenvalue weighted by molar-refractivity contribution is 0.101. The molecule has 1 aromatic carbocycles. The van der Waals surface area contributed by atoms with Crippen molar-refractivity contribution < 1.29 is 4.79 Å². The van der Waals surface area contributed by atoms with E-state index in [0.717, 1.165) is 41.6 Å². The molecule has 1 aliphatic carbocycles. The molecule has 2 aromatic heterocycles. The first-order valence-corrected chi connectivity index (χ1v) is 11.1.